The third-order valence-corrected chi connectivity index (χ3v) is 5.47. The maximum Gasteiger partial charge on any atom is 0.409 e. The van der Waals surface area contributed by atoms with Gasteiger partial charge in [0.25, 0.3) is 0 Å². The highest BCUT2D eigenvalue weighted by Crippen LogP contribution is 2.12. The van der Waals surface area contributed by atoms with Crippen LogP contribution in [0.5, 0.6) is 0 Å². The number of likely N-dealkylation sites (tertiary alicyclic amines) is 1. The molecule has 7 heteroatoms. The Morgan fingerprint density at radius 1 is 1.31 bits per heavy atom. The van der Waals surface area contributed by atoms with E-state index < -0.39 is 0 Å². The average Bonchev–Trinajstić information content (AvgIpc) is 2.74. The minimum Gasteiger partial charge on any atom is -0.450 e. The summed E-state index contributed by atoms with van der Waals surface area (Å²) in [5, 5.41) is 6.91. The van der Waals surface area contributed by atoms with Gasteiger partial charge in [-0.2, -0.15) is 0 Å². The fraction of sp³-hybridized carbons (Fsp3) is 0.636. The summed E-state index contributed by atoms with van der Waals surface area (Å²) in [5.41, 5.74) is 1.33. The second-order valence-electron chi connectivity index (χ2n) is 7.64. The van der Waals surface area contributed by atoms with E-state index in [0.29, 0.717) is 18.7 Å². The number of nitrogens with zero attached hydrogens (tertiary/aromatic N) is 3. The fourth-order valence-corrected chi connectivity index (χ4v) is 3.46. The Hall–Kier alpha value is -2.28. The van der Waals surface area contributed by atoms with Crippen LogP contribution in [0.1, 0.15) is 38.7 Å². The maximum atomic E-state index is 11.8. The van der Waals surface area contributed by atoms with Crippen LogP contribution in [0.3, 0.4) is 0 Å². The zero-order chi connectivity index (χ0) is 21.1. The van der Waals surface area contributed by atoms with Crippen molar-refractivity contribution in [3.63, 3.8) is 0 Å². The van der Waals surface area contributed by atoms with Crippen LogP contribution in [0.4, 0.5) is 4.79 Å². The van der Waals surface area contributed by atoms with E-state index in [-0.39, 0.29) is 6.09 Å². The van der Waals surface area contributed by atoms with Gasteiger partial charge < -0.3 is 20.3 Å². The van der Waals surface area contributed by atoms with Crippen LogP contribution >= 0.6 is 0 Å². The Balaban J connectivity index is 1.67. The first kappa shape index (κ1) is 23.0. The Kier molecular flexibility index (Phi) is 9.77. The molecule has 1 aromatic rings. The number of benzene rings is 1. The minimum absolute atomic E-state index is 0.206. The van der Waals surface area contributed by atoms with Gasteiger partial charge in [0.05, 0.1) is 6.61 Å². The number of hydrogen-bond acceptors (Lipinski definition) is 4. The molecule has 0 saturated carbocycles. The molecular formula is C22H37N5O2. The van der Waals surface area contributed by atoms with Gasteiger partial charge in [0, 0.05) is 45.3 Å². The standard InChI is InChI=1S/C22H37N5O2/c1-5-29-22(28)27-15-12-20(13-16-27)25-21(23-3)24-14-11-18(2)26(4)17-19-9-7-6-8-10-19/h6-10,18,20H,5,11-17H2,1-4H3,(H2,23,24,25). The van der Waals surface area contributed by atoms with Gasteiger partial charge in [0.1, 0.15) is 0 Å². The fourth-order valence-electron chi connectivity index (χ4n) is 3.46. The summed E-state index contributed by atoms with van der Waals surface area (Å²) in [4.78, 5) is 20.3. The van der Waals surface area contributed by atoms with Gasteiger partial charge in [0.15, 0.2) is 5.96 Å². The molecule has 0 spiro atoms. The highest BCUT2D eigenvalue weighted by atomic mass is 16.6. The second-order valence-corrected chi connectivity index (χ2v) is 7.64. The van der Waals surface area contributed by atoms with Crippen LogP contribution in [-0.2, 0) is 11.3 Å². The first-order chi connectivity index (χ1) is 14.0. The molecule has 1 aliphatic rings. The molecule has 7 nitrogen and oxygen atoms in total. The van der Waals surface area contributed by atoms with Crippen molar-refractivity contribution in [2.75, 3.05) is 40.3 Å². The van der Waals surface area contributed by atoms with E-state index in [1.165, 1.54) is 5.56 Å². The van der Waals surface area contributed by atoms with Gasteiger partial charge in [0.2, 0.25) is 0 Å². The number of piperidine rings is 1. The number of nitrogens with one attached hydrogen (secondary N) is 2. The summed E-state index contributed by atoms with van der Waals surface area (Å²) in [7, 11) is 3.97. The van der Waals surface area contributed by atoms with Crippen LogP contribution in [0.15, 0.2) is 35.3 Å². The number of rotatable bonds is 8. The zero-order valence-electron chi connectivity index (χ0n) is 18.4. The van der Waals surface area contributed by atoms with Gasteiger partial charge in [-0.05, 0) is 45.7 Å². The van der Waals surface area contributed by atoms with E-state index in [0.717, 1.165) is 51.4 Å². The molecule has 29 heavy (non-hydrogen) atoms. The predicted octanol–water partition coefficient (Wildman–Crippen LogP) is 2.68. The average molecular weight is 404 g/mol. The number of guanidine groups is 1. The van der Waals surface area contributed by atoms with Gasteiger partial charge in [-0.1, -0.05) is 30.3 Å². The van der Waals surface area contributed by atoms with Crippen molar-refractivity contribution < 1.29 is 9.53 Å². The molecule has 0 aliphatic carbocycles. The SMILES string of the molecule is CCOC(=O)N1CCC(NC(=NC)NCCC(C)N(C)Cc2ccccc2)CC1. The summed E-state index contributed by atoms with van der Waals surface area (Å²) in [5.74, 6) is 0.831. The van der Waals surface area contributed by atoms with E-state index in [9.17, 15) is 4.79 Å². The molecule has 2 rings (SSSR count). The first-order valence-corrected chi connectivity index (χ1v) is 10.7. The summed E-state index contributed by atoms with van der Waals surface area (Å²) in [6, 6.07) is 11.3. The van der Waals surface area contributed by atoms with Crippen LogP contribution in [0.2, 0.25) is 0 Å². The molecule has 1 heterocycles. The molecule has 0 radical (unpaired) electrons. The summed E-state index contributed by atoms with van der Waals surface area (Å²) < 4.78 is 5.08. The molecule has 1 unspecified atom stereocenters. The molecule has 1 fully saturated rings. The summed E-state index contributed by atoms with van der Waals surface area (Å²) >= 11 is 0. The Labute approximate surface area is 175 Å². The second kappa shape index (κ2) is 12.3. The van der Waals surface area contributed by atoms with Crippen molar-refractivity contribution >= 4 is 12.1 Å². The zero-order valence-corrected chi connectivity index (χ0v) is 18.4. The molecule has 1 aliphatic heterocycles. The van der Waals surface area contributed by atoms with Crippen LogP contribution < -0.4 is 10.6 Å². The van der Waals surface area contributed by atoms with Crippen molar-refractivity contribution in [3.05, 3.63) is 35.9 Å². The Bertz CT molecular complexity index is 629. The third kappa shape index (κ3) is 7.93. The number of carbonyl (C=O) groups excluding carboxylic acids is 1. The lowest BCUT2D eigenvalue weighted by molar-refractivity contribution is 0.0963. The lowest BCUT2D eigenvalue weighted by Gasteiger charge is -2.32. The van der Waals surface area contributed by atoms with Crippen LogP contribution in [-0.4, -0.2) is 74.3 Å². The van der Waals surface area contributed by atoms with Crippen LogP contribution in [0, 0.1) is 0 Å². The molecule has 1 aromatic carbocycles. The van der Waals surface area contributed by atoms with Crippen molar-refractivity contribution in [1.29, 1.82) is 0 Å². The molecule has 2 N–H and O–H groups in total. The third-order valence-electron chi connectivity index (χ3n) is 5.47. The van der Waals surface area contributed by atoms with Crippen molar-refractivity contribution in [3.8, 4) is 0 Å². The lowest BCUT2D eigenvalue weighted by atomic mass is 10.1. The number of hydrogen-bond donors (Lipinski definition) is 2. The van der Waals surface area contributed by atoms with Crippen LogP contribution in [0.25, 0.3) is 0 Å². The first-order valence-electron chi connectivity index (χ1n) is 10.7. The highest BCUT2D eigenvalue weighted by Gasteiger charge is 2.24. The van der Waals surface area contributed by atoms with Crippen molar-refractivity contribution in [1.82, 2.24) is 20.4 Å². The van der Waals surface area contributed by atoms with E-state index >= 15 is 0 Å². The normalized spacial score (nSPS) is 16.6. The molecule has 1 saturated heterocycles. The predicted molar refractivity (Wildman–Crippen MR) is 118 cm³/mol. The molecule has 0 aromatic heterocycles. The Morgan fingerprint density at radius 3 is 2.62 bits per heavy atom. The smallest absolute Gasteiger partial charge is 0.409 e. The van der Waals surface area contributed by atoms with Gasteiger partial charge in [-0.15, -0.1) is 0 Å². The maximum absolute atomic E-state index is 11.8. The number of ether oxygens (including phenoxy) is 1. The number of aliphatic imine (C=N–C) groups is 1. The lowest BCUT2D eigenvalue weighted by Crippen LogP contribution is -2.50. The van der Waals surface area contributed by atoms with E-state index in [4.69, 9.17) is 4.74 Å². The Morgan fingerprint density at radius 2 is 2.00 bits per heavy atom. The summed E-state index contributed by atoms with van der Waals surface area (Å²) in [6.45, 7) is 7.76. The van der Waals surface area contributed by atoms with Gasteiger partial charge in [-0.3, -0.25) is 9.89 Å². The molecular weight excluding hydrogens is 366 g/mol. The van der Waals surface area contributed by atoms with E-state index in [1.807, 2.05) is 6.92 Å². The molecule has 0 bridgehead atoms. The molecule has 1 amide bonds. The van der Waals surface area contributed by atoms with Gasteiger partial charge in [-0.25, -0.2) is 4.79 Å². The van der Waals surface area contributed by atoms with E-state index in [1.54, 1.807) is 11.9 Å². The monoisotopic (exact) mass is 403 g/mol. The van der Waals surface area contributed by atoms with E-state index in [2.05, 4.69) is 64.8 Å². The highest BCUT2D eigenvalue weighted by molar-refractivity contribution is 5.80. The van der Waals surface area contributed by atoms with Gasteiger partial charge >= 0.3 is 6.09 Å². The minimum atomic E-state index is -0.206. The summed E-state index contributed by atoms with van der Waals surface area (Å²) in [6.07, 6.45) is 2.62. The van der Waals surface area contributed by atoms with Crippen molar-refractivity contribution in [2.24, 2.45) is 4.99 Å². The number of amides is 1. The molecule has 1 atom stereocenters. The largest absolute Gasteiger partial charge is 0.450 e. The topological polar surface area (TPSA) is 69.2 Å². The number of carbonyl (C=O) groups is 1. The molecule has 162 valence electrons. The quantitative estimate of drug-likeness (QED) is 0.516. The van der Waals surface area contributed by atoms with Crippen molar-refractivity contribution in [2.45, 2.75) is 51.7 Å².